The van der Waals surface area contributed by atoms with Crippen molar-refractivity contribution in [3.05, 3.63) is 51.1 Å². The lowest BCUT2D eigenvalue weighted by Crippen LogP contribution is -2.35. The molecule has 3 rings (SSSR count). The van der Waals surface area contributed by atoms with E-state index in [0.29, 0.717) is 17.6 Å². The van der Waals surface area contributed by atoms with E-state index in [9.17, 15) is 22.7 Å². The van der Waals surface area contributed by atoms with Crippen molar-refractivity contribution >= 4 is 54.9 Å². The van der Waals surface area contributed by atoms with Crippen molar-refractivity contribution in [1.82, 2.24) is 4.31 Å². The predicted molar refractivity (Wildman–Crippen MR) is 107 cm³/mol. The van der Waals surface area contributed by atoms with Gasteiger partial charge >= 0.3 is 5.97 Å². The van der Waals surface area contributed by atoms with Gasteiger partial charge in [0.1, 0.15) is 10.0 Å². The maximum Gasteiger partial charge on any atom is 0.337 e. The van der Waals surface area contributed by atoms with Crippen LogP contribution in [0.4, 0.5) is 4.39 Å². The number of rotatable bonds is 5. The first-order valence-electron chi connectivity index (χ1n) is 8.29. The lowest BCUT2D eigenvalue weighted by molar-refractivity contribution is -0.130. The zero-order valence-corrected chi connectivity index (χ0v) is 17.4. The molecule has 27 heavy (non-hydrogen) atoms. The average molecular weight is 474 g/mol. The SMILES string of the molecule is O=C(O)/C(=C\c1ccc(Br)cc1F)c1ccc(S(=O)(=O)N2CCCCC2)s1. The van der Waals surface area contributed by atoms with Crippen LogP contribution in [0.15, 0.2) is 39.0 Å². The summed E-state index contributed by atoms with van der Waals surface area (Å²) in [5.41, 5.74) is -0.0363. The van der Waals surface area contributed by atoms with Gasteiger partial charge in [-0.15, -0.1) is 11.3 Å². The van der Waals surface area contributed by atoms with Crippen LogP contribution in [0.25, 0.3) is 11.6 Å². The summed E-state index contributed by atoms with van der Waals surface area (Å²) in [7, 11) is -3.64. The van der Waals surface area contributed by atoms with Gasteiger partial charge in [0, 0.05) is 28.0 Å². The maximum absolute atomic E-state index is 14.1. The van der Waals surface area contributed by atoms with Gasteiger partial charge in [0.15, 0.2) is 0 Å². The molecule has 1 aromatic carbocycles. The Labute approximate surface area is 169 Å². The second-order valence-corrected chi connectivity index (χ2v) is 10.3. The number of piperidine rings is 1. The van der Waals surface area contributed by atoms with E-state index in [1.165, 1.54) is 34.6 Å². The quantitative estimate of drug-likeness (QED) is 0.650. The van der Waals surface area contributed by atoms with Crippen LogP contribution in [0.2, 0.25) is 0 Å². The van der Waals surface area contributed by atoms with Crippen LogP contribution < -0.4 is 0 Å². The number of carbonyl (C=O) groups is 1. The Morgan fingerprint density at radius 2 is 1.89 bits per heavy atom. The minimum Gasteiger partial charge on any atom is -0.478 e. The van der Waals surface area contributed by atoms with Crippen LogP contribution in [-0.4, -0.2) is 36.9 Å². The molecule has 1 aliphatic rings. The molecule has 0 radical (unpaired) electrons. The first-order chi connectivity index (χ1) is 12.8. The Bertz CT molecular complexity index is 995. The molecule has 2 heterocycles. The Balaban J connectivity index is 1.96. The maximum atomic E-state index is 14.1. The van der Waals surface area contributed by atoms with Gasteiger partial charge in [-0.25, -0.2) is 17.6 Å². The van der Waals surface area contributed by atoms with Gasteiger partial charge in [-0.3, -0.25) is 0 Å². The van der Waals surface area contributed by atoms with Crippen LogP contribution >= 0.6 is 27.3 Å². The molecule has 0 unspecified atom stereocenters. The van der Waals surface area contributed by atoms with Gasteiger partial charge in [-0.1, -0.05) is 28.4 Å². The van der Waals surface area contributed by atoms with Crippen molar-refractivity contribution in [2.24, 2.45) is 0 Å². The fraction of sp³-hybridized carbons (Fsp3) is 0.278. The van der Waals surface area contributed by atoms with Crippen molar-refractivity contribution in [3.63, 3.8) is 0 Å². The molecule has 1 fully saturated rings. The molecule has 0 aliphatic carbocycles. The highest BCUT2D eigenvalue weighted by Gasteiger charge is 2.28. The zero-order valence-electron chi connectivity index (χ0n) is 14.2. The number of hydrogen-bond acceptors (Lipinski definition) is 4. The number of carboxylic acids is 1. The highest BCUT2D eigenvalue weighted by atomic mass is 79.9. The van der Waals surface area contributed by atoms with E-state index in [1.807, 2.05) is 0 Å². The number of aliphatic carboxylic acids is 1. The third-order valence-electron chi connectivity index (χ3n) is 4.25. The first-order valence-corrected chi connectivity index (χ1v) is 11.3. The van der Waals surface area contributed by atoms with Crippen LogP contribution in [0.3, 0.4) is 0 Å². The van der Waals surface area contributed by atoms with Gasteiger partial charge in [-0.05, 0) is 43.2 Å². The molecular formula is C18H17BrFNO4S2. The van der Waals surface area contributed by atoms with Crippen molar-refractivity contribution in [1.29, 1.82) is 0 Å². The van der Waals surface area contributed by atoms with Crippen LogP contribution in [0.1, 0.15) is 29.7 Å². The van der Waals surface area contributed by atoms with Crippen LogP contribution in [0.5, 0.6) is 0 Å². The second-order valence-electron chi connectivity index (χ2n) is 6.11. The molecule has 0 bridgehead atoms. The van der Waals surface area contributed by atoms with Gasteiger partial charge in [0.2, 0.25) is 0 Å². The molecule has 0 saturated carbocycles. The second kappa shape index (κ2) is 8.22. The number of benzene rings is 1. The summed E-state index contributed by atoms with van der Waals surface area (Å²) in [6, 6.07) is 7.18. The number of carboxylic acid groups (broad SMARTS) is 1. The molecule has 1 saturated heterocycles. The lowest BCUT2D eigenvalue weighted by Gasteiger charge is -2.25. The van der Waals surface area contributed by atoms with E-state index in [2.05, 4.69) is 15.9 Å². The highest BCUT2D eigenvalue weighted by molar-refractivity contribution is 9.10. The number of nitrogens with zero attached hydrogens (tertiary/aromatic N) is 1. The monoisotopic (exact) mass is 473 g/mol. The minimum absolute atomic E-state index is 0.0998. The van der Waals surface area contributed by atoms with Gasteiger partial charge in [0.05, 0.1) is 5.57 Å². The summed E-state index contributed by atoms with van der Waals surface area (Å²) < 4.78 is 41.6. The summed E-state index contributed by atoms with van der Waals surface area (Å²) in [4.78, 5) is 12.0. The number of thiophene rings is 1. The molecular weight excluding hydrogens is 457 g/mol. The molecule has 0 spiro atoms. The van der Waals surface area contributed by atoms with E-state index in [4.69, 9.17) is 0 Å². The Hall–Kier alpha value is -1.55. The molecule has 2 aromatic rings. The molecule has 5 nitrogen and oxygen atoms in total. The third-order valence-corrected chi connectivity index (χ3v) is 8.23. The third kappa shape index (κ3) is 4.48. The topological polar surface area (TPSA) is 74.7 Å². The van der Waals surface area contributed by atoms with E-state index >= 15 is 0 Å². The van der Waals surface area contributed by atoms with Crippen LogP contribution in [0, 0.1) is 5.82 Å². The Morgan fingerprint density at radius 1 is 1.19 bits per heavy atom. The normalized spacial score (nSPS) is 16.4. The van der Waals surface area contributed by atoms with E-state index in [1.54, 1.807) is 6.07 Å². The van der Waals surface area contributed by atoms with E-state index < -0.39 is 21.8 Å². The molecule has 9 heteroatoms. The Kier molecular flexibility index (Phi) is 6.15. The largest absolute Gasteiger partial charge is 0.478 e. The van der Waals surface area contributed by atoms with Crippen LogP contribution in [-0.2, 0) is 14.8 Å². The molecule has 1 N–H and O–H groups in total. The summed E-state index contributed by atoms with van der Waals surface area (Å²) >= 11 is 4.04. The molecule has 0 amide bonds. The number of hydrogen-bond donors (Lipinski definition) is 1. The standard InChI is InChI=1S/C18H17BrFNO4S2/c19-13-5-4-12(15(20)11-13)10-14(18(22)23)16-6-7-17(26-16)27(24,25)21-8-2-1-3-9-21/h4-7,10-11H,1-3,8-9H2,(H,22,23)/b14-10-. The van der Waals surface area contributed by atoms with E-state index in [0.717, 1.165) is 30.6 Å². The molecule has 1 aliphatic heterocycles. The average Bonchev–Trinajstić information content (AvgIpc) is 3.12. The molecule has 144 valence electrons. The fourth-order valence-electron chi connectivity index (χ4n) is 2.85. The summed E-state index contributed by atoms with van der Waals surface area (Å²) in [5, 5.41) is 9.54. The van der Waals surface area contributed by atoms with Gasteiger partial charge in [0.25, 0.3) is 10.0 Å². The number of sulfonamides is 1. The minimum atomic E-state index is -3.64. The van der Waals surface area contributed by atoms with Gasteiger partial charge in [-0.2, -0.15) is 4.31 Å². The van der Waals surface area contributed by atoms with Crippen molar-refractivity contribution in [2.75, 3.05) is 13.1 Å². The van der Waals surface area contributed by atoms with Crippen molar-refractivity contribution in [2.45, 2.75) is 23.5 Å². The molecule has 1 aromatic heterocycles. The zero-order chi connectivity index (χ0) is 19.6. The highest BCUT2D eigenvalue weighted by Crippen LogP contribution is 2.32. The lowest BCUT2D eigenvalue weighted by atomic mass is 10.1. The molecule has 0 atom stereocenters. The predicted octanol–water partition coefficient (Wildman–Crippen LogP) is 4.45. The van der Waals surface area contributed by atoms with Crippen molar-refractivity contribution in [3.8, 4) is 0 Å². The summed E-state index contributed by atoms with van der Waals surface area (Å²) in [5.74, 6) is -1.82. The fourth-order valence-corrected chi connectivity index (χ4v) is 6.17. The summed E-state index contributed by atoms with van der Waals surface area (Å²) in [6.45, 7) is 0.947. The number of halogens is 2. The summed E-state index contributed by atoms with van der Waals surface area (Å²) in [6.07, 6.45) is 3.86. The first kappa shape index (κ1) is 20.2. The van der Waals surface area contributed by atoms with E-state index in [-0.39, 0.29) is 20.2 Å². The smallest absolute Gasteiger partial charge is 0.337 e. The Morgan fingerprint density at radius 3 is 2.52 bits per heavy atom. The van der Waals surface area contributed by atoms with Gasteiger partial charge < -0.3 is 5.11 Å². The van der Waals surface area contributed by atoms with Crippen molar-refractivity contribution < 1.29 is 22.7 Å².